The summed E-state index contributed by atoms with van der Waals surface area (Å²) in [4.78, 5) is 0. The van der Waals surface area contributed by atoms with Gasteiger partial charge in [0.1, 0.15) is 5.82 Å². The van der Waals surface area contributed by atoms with Crippen molar-refractivity contribution in [3.63, 3.8) is 0 Å². The smallest absolute Gasteiger partial charge is 0.123 e. The highest BCUT2D eigenvalue weighted by atomic mass is 79.9. The van der Waals surface area contributed by atoms with E-state index in [1.807, 2.05) is 0 Å². The van der Waals surface area contributed by atoms with Crippen molar-refractivity contribution in [3.05, 3.63) is 35.6 Å². The molecule has 0 spiro atoms. The predicted molar refractivity (Wildman–Crippen MR) is 51.1 cm³/mol. The second kappa shape index (κ2) is 5.56. The largest absolute Gasteiger partial charge is 0.207 e. The lowest BCUT2D eigenvalue weighted by Gasteiger charge is -1.94. The van der Waals surface area contributed by atoms with E-state index in [0.717, 1.165) is 11.8 Å². The summed E-state index contributed by atoms with van der Waals surface area (Å²) in [5.74, 6) is -0.168. The third-order valence-electron chi connectivity index (χ3n) is 1.30. The molecule has 1 rings (SSSR count). The van der Waals surface area contributed by atoms with Crippen LogP contribution in [0.3, 0.4) is 0 Å². The number of hydrogen-bond donors (Lipinski definition) is 0. The maximum absolute atomic E-state index is 12.3. The first kappa shape index (κ1) is 10.9. The number of benzene rings is 1. The van der Waals surface area contributed by atoms with E-state index in [9.17, 15) is 4.39 Å². The Morgan fingerprint density at radius 2 is 1.73 bits per heavy atom. The molecule has 1 aromatic rings. The lowest BCUT2D eigenvalue weighted by Crippen LogP contribution is -1.84. The zero-order chi connectivity index (χ0) is 7.40. The predicted octanol–water partition coefficient (Wildman–Crippen LogP) is 3.18. The molecule has 62 valence electrons. The van der Waals surface area contributed by atoms with Crippen LogP contribution in [0.5, 0.6) is 0 Å². The number of alkyl halides is 1. The monoisotopic (exact) mass is 238 g/mol. The highest BCUT2D eigenvalue weighted by Gasteiger charge is 1.90. The van der Waals surface area contributed by atoms with Gasteiger partial charge < -0.3 is 0 Å². The van der Waals surface area contributed by atoms with E-state index in [4.69, 9.17) is 0 Å². The molecule has 0 amide bonds. The molecular formula is C8H9BrClF. The lowest BCUT2D eigenvalue weighted by molar-refractivity contribution is 0.627. The van der Waals surface area contributed by atoms with Gasteiger partial charge in [-0.05, 0) is 24.1 Å². The summed E-state index contributed by atoms with van der Waals surface area (Å²) in [7, 11) is 0. The maximum Gasteiger partial charge on any atom is 0.123 e. The fraction of sp³-hybridized carbons (Fsp3) is 0.250. The molecule has 0 aromatic heterocycles. The lowest BCUT2D eigenvalue weighted by atomic mass is 10.2. The van der Waals surface area contributed by atoms with Gasteiger partial charge in [0, 0.05) is 5.33 Å². The summed E-state index contributed by atoms with van der Waals surface area (Å²) in [6.07, 6.45) is 0.959. The summed E-state index contributed by atoms with van der Waals surface area (Å²) in [5.41, 5.74) is 1.17. The Balaban J connectivity index is 0.000001000. The van der Waals surface area contributed by atoms with E-state index in [1.165, 1.54) is 17.7 Å². The fourth-order valence-electron chi connectivity index (χ4n) is 0.760. The Bertz CT molecular complexity index is 198. The minimum atomic E-state index is -0.168. The summed E-state index contributed by atoms with van der Waals surface area (Å²) in [6.45, 7) is 0. The second-order valence-electron chi connectivity index (χ2n) is 2.07. The van der Waals surface area contributed by atoms with Gasteiger partial charge in [0.05, 0.1) is 0 Å². The van der Waals surface area contributed by atoms with Crippen molar-refractivity contribution in [3.8, 4) is 0 Å². The van der Waals surface area contributed by atoms with Crippen LogP contribution in [0.4, 0.5) is 4.39 Å². The van der Waals surface area contributed by atoms with E-state index in [-0.39, 0.29) is 18.2 Å². The molecule has 0 bridgehead atoms. The van der Waals surface area contributed by atoms with Crippen LogP contribution < -0.4 is 0 Å². The van der Waals surface area contributed by atoms with Gasteiger partial charge in [-0.2, -0.15) is 0 Å². The molecule has 0 aliphatic carbocycles. The third kappa shape index (κ3) is 3.73. The Hall–Kier alpha value is -0.0800. The first-order chi connectivity index (χ1) is 4.83. The Kier molecular flexibility index (Phi) is 5.51. The number of hydrogen-bond acceptors (Lipinski definition) is 0. The normalized spacial score (nSPS) is 8.91. The van der Waals surface area contributed by atoms with Gasteiger partial charge >= 0.3 is 0 Å². The van der Waals surface area contributed by atoms with Gasteiger partial charge in [0.15, 0.2) is 0 Å². The van der Waals surface area contributed by atoms with Gasteiger partial charge in [-0.15, -0.1) is 12.4 Å². The molecule has 0 fully saturated rings. The van der Waals surface area contributed by atoms with E-state index in [1.54, 1.807) is 12.1 Å². The summed E-state index contributed by atoms with van der Waals surface area (Å²) >= 11 is 3.31. The minimum absolute atomic E-state index is 0. The van der Waals surface area contributed by atoms with Crippen molar-refractivity contribution < 1.29 is 4.39 Å². The molecule has 11 heavy (non-hydrogen) atoms. The summed E-state index contributed by atoms with van der Waals surface area (Å²) < 4.78 is 12.3. The molecule has 0 unspecified atom stereocenters. The van der Waals surface area contributed by atoms with Crippen LogP contribution in [0.25, 0.3) is 0 Å². The van der Waals surface area contributed by atoms with E-state index < -0.39 is 0 Å². The van der Waals surface area contributed by atoms with Gasteiger partial charge in [0.25, 0.3) is 0 Å². The van der Waals surface area contributed by atoms with Crippen LogP contribution in [-0.4, -0.2) is 5.33 Å². The number of rotatable bonds is 2. The third-order valence-corrected chi connectivity index (χ3v) is 1.69. The molecule has 0 heterocycles. The van der Waals surface area contributed by atoms with Gasteiger partial charge in [-0.25, -0.2) is 4.39 Å². The molecule has 0 aliphatic rings. The molecule has 0 nitrogen and oxygen atoms in total. The Morgan fingerprint density at radius 1 is 1.18 bits per heavy atom. The van der Waals surface area contributed by atoms with Crippen LogP contribution in [0.1, 0.15) is 5.56 Å². The van der Waals surface area contributed by atoms with E-state index in [2.05, 4.69) is 15.9 Å². The molecule has 3 heteroatoms. The zero-order valence-corrected chi connectivity index (χ0v) is 8.29. The molecular weight excluding hydrogens is 230 g/mol. The van der Waals surface area contributed by atoms with Crippen molar-refractivity contribution in [2.45, 2.75) is 6.42 Å². The van der Waals surface area contributed by atoms with Crippen molar-refractivity contribution in [2.24, 2.45) is 0 Å². The Morgan fingerprint density at radius 3 is 2.18 bits per heavy atom. The highest BCUT2D eigenvalue weighted by Crippen LogP contribution is 2.04. The molecule has 0 aliphatic heterocycles. The van der Waals surface area contributed by atoms with E-state index >= 15 is 0 Å². The average Bonchev–Trinajstić information content (AvgIpc) is 1.95. The van der Waals surface area contributed by atoms with Crippen LogP contribution in [0, 0.1) is 5.82 Å². The van der Waals surface area contributed by atoms with Gasteiger partial charge in [-0.3, -0.25) is 0 Å². The van der Waals surface area contributed by atoms with Crippen molar-refractivity contribution in [1.82, 2.24) is 0 Å². The first-order valence-corrected chi connectivity index (χ1v) is 4.25. The SMILES string of the molecule is Cl.Fc1ccc(CCBr)cc1. The Labute approximate surface area is 80.3 Å². The zero-order valence-electron chi connectivity index (χ0n) is 5.89. The highest BCUT2D eigenvalue weighted by molar-refractivity contribution is 9.09. The van der Waals surface area contributed by atoms with E-state index in [0.29, 0.717) is 0 Å². The van der Waals surface area contributed by atoms with Gasteiger partial charge in [0.2, 0.25) is 0 Å². The molecule has 0 saturated carbocycles. The quantitative estimate of drug-likeness (QED) is 0.696. The minimum Gasteiger partial charge on any atom is -0.207 e. The maximum atomic E-state index is 12.3. The average molecular weight is 240 g/mol. The summed E-state index contributed by atoms with van der Waals surface area (Å²) in [6, 6.07) is 6.57. The molecule has 0 N–H and O–H groups in total. The van der Waals surface area contributed by atoms with Crippen molar-refractivity contribution >= 4 is 28.3 Å². The van der Waals surface area contributed by atoms with Crippen LogP contribution in [0.2, 0.25) is 0 Å². The van der Waals surface area contributed by atoms with Crippen molar-refractivity contribution in [1.29, 1.82) is 0 Å². The van der Waals surface area contributed by atoms with Crippen LogP contribution in [0.15, 0.2) is 24.3 Å². The topological polar surface area (TPSA) is 0 Å². The molecule has 0 saturated heterocycles. The second-order valence-corrected chi connectivity index (χ2v) is 2.86. The fourth-order valence-corrected chi connectivity index (χ4v) is 1.22. The first-order valence-electron chi connectivity index (χ1n) is 3.13. The summed E-state index contributed by atoms with van der Waals surface area (Å²) in [5, 5.41) is 0.929. The van der Waals surface area contributed by atoms with Crippen LogP contribution >= 0.6 is 28.3 Å². The number of halogens is 3. The van der Waals surface area contributed by atoms with Crippen LogP contribution in [-0.2, 0) is 6.42 Å². The molecule has 1 aromatic carbocycles. The standard InChI is InChI=1S/C8H8BrF.ClH/c9-6-5-7-1-3-8(10)4-2-7;/h1-4H,5-6H2;1H. The van der Waals surface area contributed by atoms with Gasteiger partial charge in [-0.1, -0.05) is 28.1 Å². The molecule has 0 radical (unpaired) electrons. The molecule has 0 atom stereocenters. The van der Waals surface area contributed by atoms with Crippen molar-refractivity contribution in [2.75, 3.05) is 5.33 Å². The number of aryl methyl sites for hydroxylation is 1.